The molecule has 2 aliphatic heterocycles. The molecule has 2 fully saturated rings. The Hall–Kier alpha value is -2.82. The molecule has 31 heavy (non-hydrogen) atoms. The lowest BCUT2D eigenvalue weighted by Crippen LogP contribution is -2.67. The molecule has 2 heterocycles. The van der Waals surface area contributed by atoms with Gasteiger partial charge in [-0.05, 0) is 12.5 Å². The molecule has 15 heteroatoms. The Morgan fingerprint density at radius 2 is 2.00 bits per heavy atom. The van der Waals surface area contributed by atoms with E-state index in [1.807, 2.05) is 5.43 Å². The predicted octanol–water partition coefficient (Wildman–Crippen LogP) is -1.48. The van der Waals surface area contributed by atoms with Gasteiger partial charge in [0.15, 0.2) is 6.04 Å². The van der Waals surface area contributed by atoms with Gasteiger partial charge in [-0.3, -0.25) is 14.8 Å². The highest BCUT2D eigenvalue weighted by Crippen LogP contribution is 2.40. The Kier molecular flexibility index (Phi) is 5.92. The number of hydrogen-bond donors (Lipinski definition) is 6. The first-order valence-corrected chi connectivity index (χ1v) is 10.5. The molecule has 2 aliphatic rings. The summed E-state index contributed by atoms with van der Waals surface area (Å²) < 4.78 is 34.6. The van der Waals surface area contributed by atoms with Crippen LogP contribution in [-0.4, -0.2) is 69.2 Å². The number of urea groups is 1. The van der Waals surface area contributed by atoms with E-state index in [2.05, 4.69) is 4.28 Å². The topological polar surface area (TPSA) is 223 Å². The number of carbonyl (C=O) groups excluding carboxylic acids is 3. The molecule has 4 atom stereocenters. The first-order valence-electron chi connectivity index (χ1n) is 9.10. The van der Waals surface area contributed by atoms with Gasteiger partial charge in [-0.1, -0.05) is 6.07 Å². The zero-order chi connectivity index (χ0) is 23.1. The smallest absolute Gasteiger partial charge is 0.452 e. The Bertz CT molecular complexity index is 1030. The predicted molar refractivity (Wildman–Crippen MR) is 100 cm³/mol. The maximum atomic E-state index is 13.3. The van der Waals surface area contributed by atoms with Crippen LogP contribution in [0.4, 0.5) is 4.79 Å². The fraction of sp³-hybridized carbons (Fsp3) is 0.438. The van der Waals surface area contributed by atoms with Gasteiger partial charge < -0.3 is 15.9 Å². The number of piperidine rings is 1. The van der Waals surface area contributed by atoms with Gasteiger partial charge in [-0.15, -0.1) is 9.35 Å². The molecule has 1 unspecified atom stereocenters. The summed E-state index contributed by atoms with van der Waals surface area (Å²) in [4.78, 5) is 38.8. The number of hydrazine groups is 1. The number of hydroxylamine groups is 2. The van der Waals surface area contributed by atoms with Crippen molar-refractivity contribution < 1.29 is 46.3 Å². The zero-order valence-electron chi connectivity index (χ0n) is 16.0. The second-order valence-corrected chi connectivity index (χ2v) is 8.37. The number of amides is 4. The molecule has 0 spiro atoms. The van der Waals surface area contributed by atoms with Crippen LogP contribution in [0.15, 0.2) is 18.2 Å². The maximum Gasteiger partial charge on any atom is 0.452 e. The number of aromatic hydroxyl groups is 2. The number of hydrogen-bond acceptors (Lipinski definition) is 10. The summed E-state index contributed by atoms with van der Waals surface area (Å²) >= 11 is 0. The van der Waals surface area contributed by atoms with Crippen LogP contribution in [0, 0.1) is 0 Å². The fourth-order valence-corrected chi connectivity index (χ4v) is 4.56. The summed E-state index contributed by atoms with van der Waals surface area (Å²) in [6.07, 6.45) is -0.418. The van der Waals surface area contributed by atoms with E-state index in [4.69, 9.17) is 16.1 Å². The van der Waals surface area contributed by atoms with E-state index in [0.29, 0.717) is 5.06 Å². The van der Waals surface area contributed by atoms with Crippen LogP contribution >= 0.6 is 0 Å². The minimum Gasteiger partial charge on any atom is -0.508 e. The van der Waals surface area contributed by atoms with Gasteiger partial charge in [0.1, 0.15) is 24.1 Å². The van der Waals surface area contributed by atoms with E-state index >= 15 is 0 Å². The van der Waals surface area contributed by atoms with Crippen molar-refractivity contribution in [1.29, 1.82) is 0 Å². The van der Waals surface area contributed by atoms with Crippen molar-refractivity contribution in [3.05, 3.63) is 23.8 Å². The Morgan fingerprint density at radius 3 is 2.58 bits per heavy atom. The van der Waals surface area contributed by atoms with Gasteiger partial charge >= 0.3 is 22.3 Å². The summed E-state index contributed by atoms with van der Waals surface area (Å²) in [6, 6.07) is -0.902. The highest BCUT2D eigenvalue weighted by atomic mass is 32.3. The number of quaternary nitrogens is 1. The zero-order valence-corrected chi connectivity index (χ0v) is 16.9. The van der Waals surface area contributed by atoms with Crippen molar-refractivity contribution in [2.75, 3.05) is 6.54 Å². The molecule has 2 bridgehead atoms. The molecular weight excluding hydrogens is 438 g/mol. The molecule has 170 valence electrons. The normalized spacial score (nSPS) is 26.5. The van der Waals surface area contributed by atoms with Crippen molar-refractivity contribution in [2.45, 2.75) is 37.4 Å². The first-order chi connectivity index (χ1) is 14.4. The Morgan fingerprint density at radius 1 is 1.32 bits per heavy atom. The van der Waals surface area contributed by atoms with Crippen LogP contribution in [0.5, 0.6) is 11.5 Å². The Labute approximate surface area is 176 Å². The molecule has 0 aromatic heterocycles. The number of nitrogens with one attached hydrogen (secondary N) is 1. The van der Waals surface area contributed by atoms with Crippen molar-refractivity contribution in [2.24, 2.45) is 11.6 Å². The van der Waals surface area contributed by atoms with Crippen molar-refractivity contribution in [3.8, 4) is 11.5 Å². The average Bonchev–Trinajstić information content (AvgIpc) is 2.88. The van der Waals surface area contributed by atoms with Gasteiger partial charge in [0.25, 0.3) is 5.91 Å². The third kappa shape index (κ3) is 4.06. The Balaban J connectivity index is 1.97. The van der Waals surface area contributed by atoms with Crippen molar-refractivity contribution >= 4 is 28.2 Å². The van der Waals surface area contributed by atoms with Crippen LogP contribution in [0.2, 0.25) is 0 Å². The first kappa shape index (κ1) is 22.9. The standard InChI is InChI=1S/C16H21N5O9S/c17-11(10-3-2-9(22)5-13(10)23)6-14(24)21-7-8(1-4-12(21)15(25)19-18)20(16(21)26)30-31(27,28)29/h2-3,5,8,11-12H,1,4,6-7,17-18H2,(H3-,19,22,23,25,27,28,29)/p+1/t8-,11-,12+,21?/m1/s1. The molecule has 2 saturated heterocycles. The number of benzene rings is 1. The number of nitrogens with two attached hydrogens (primary N) is 2. The highest BCUT2D eigenvalue weighted by molar-refractivity contribution is 7.80. The number of fused-ring (bicyclic) bond motifs is 2. The molecule has 1 aromatic carbocycles. The molecule has 1 aromatic rings. The molecule has 0 radical (unpaired) electrons. The van der Waals surface area contributed by atoms with E-state index in [9.17, 15) is 33.0 Å². The minimum absolute atomic E-state index is 0.00376. The maximum absolute atomic E-state index is 13.3. The molecular formula is C16H22N5O9S+. The van der Waals surface area contributed by atoms with Gasteiger partial charge in [0.2, 0.25) is 0 Å². The quantitative estimate of drug-likeness (QED) is 0.0944. The highest BCUT2D eigenvalue weighted by Gasteiger charge is 2.67. The minimum atomic E-state index is -5.07. The van der Waals surface area contributed by atoms with Gasteiger partial charge in [0, 0.05) is 24.1 Å². The number of rotatable bonds is 6. The lowest BCUT2D eigenvalue weighted by molar-refractivity contribution is -0.789. The molecule has 0 saturated carbocycles. The van der Waals surface area contributed by atoms with Crippen molar-refractivity contribution in [1.82, 2.24) is 10.5 Å². The third-order valence-electron chi connectivity index (χ3n) is 5.54. The van der Waals surface area contributed by atoms with Gasteiger partial charge in [-0.2, -0.15) is 12.9 Å². The summed E-state index contributed by atoms with van der Waals surface area (Å²) in [5.41, 5.74) is 8.03. The summed E-state index contributed by atoms with van der Waals surface area (Å²) in [6.45, 7) is -0.306. The van der Waals surface area contributed by atoms with Crippen LogP contribution < -0.4 is 17.0 Å². The summed E-state index contributed by atoms with van der Waals surface area (Å²) in [7, 11) is -5.07. The molecule has 3 rings (SSSR count). The number of nitrogens with zero attached hydrogens (tertiary/aromatic N) is 2. The van der Waals surface area contributed by atoms with Gasteiger partial charge in [0.05, 0.1) is 6.42 Å². The monoisotopic (exact) mass is 460 g/mol. The third-order valence-corrected chi connectivity index (χ3v) is 5.89. The number of imide groups is 1. The molecule has 14 nitrogen and oxygen atoms in total. The fourth-order valence-electron chi connectivity index (χ4n) is 4.17. The summed E-state index contributed by atoms with van der Waals surface area (Å²) in [5, 5.41) is 19.8. The largest absolute Gasteiger partial charge is 0.508 e. The molecule has 8 N–H and O–H groups in total. The van der Waals surface area contributed by atoms with Crippen molar-refractivity contribution in [3.63, 3.8) is 0 Å². The second kappa shape index (κ2) is 8.03. The van der Waals surface area contributed by atoms with Crippen LogP contribution in [0.1, 0.15) is 30.9 Å². The SMILES string of the molecule is NNC(=O)[C@@H]1CC[C@@H]2C[N+]1(C(=O)C[C@@H](N)c1ccc(O)cc1O)C(=O)N2OS(=O)(=O)O. The number of carbonyl (C=O) groups is 3. The molecule has 4 amide bonds. The second-order valence-electron chi connectivity index (χ2n) is 7.37. The van der Waals surface area contributed by atoms with Gasteiger partial charge in [-0.25, -0.2) is 15.4 Å². The number of phenolic OH excluding ortho intramolecular Hbond substituents is 2. The van der Waals surface area contributed by atoms with Crippen LogP contribution in [0.3, 0.4) is 0 Å². The van der Waals surface area contributed by atoms with E-state index in [1.54, 1.807) is 0 Å². The van der Waals surface area contributed by atoms with Crippen LogP contribution in [-0.2, 0) is 24.3 Å². The van der Waals surface area contributed by atoms with E-state index in [-0.39, 0.29) is 36.4 Å². The van der Waals surface area contributed by atoms with E-state index < -0.39 is 57.3 Å². The van der Waals surface area contributed by atoms with Crippen LogP contribution in [0.25, 0.3) is 0 Å². The van der Waals surface area contributed by atoms with E-state index in [0.717, 1.165) is 6.07 Å². The molecule has 0 aliphatic carbocycles. The lowest BCUT2D eigenvalue weighted by atomic mass is 9.94. The number of phenols is 2. The van der Waals surface area contributed by atoms with E-state index in [1.165, 1.54) is 12.1 Å². The lowest BCUT2D eigenvalue weighted by Gasteiger charge is -2.36. The summed E-state index contributed by atoms with van der Waals surface area (Å²) in [5.74, 6) is 2.93. The average molecular weight is 460 g/mol.